The highest BCUT2D eigenvalue weighted by molar-refractivity contribution is 6.34. The maximum Gasteiger partial charge on any atom is 0.269 e. The molecule has 0 aliphatic rings. The Kier molecular flexibility index (Phi) is 6.73. The number of benzene rings is 1. The van der Waals surface area contributed by atoms with E-state index in [0.29, 0.717) is 29.5 Å². The Morgan fingerprint density at radius 2 is 1.88 bits per heavy atom. The van der Waals surface area contributed by atoms with Gasteiger partial charge in [-0.15, -0.1) is 0 Å². The molecule has 0 fully saturated rings. The molecule has 6 nitrogen and oxygen atoms in total. The number of hydrogen-bond donors (Lipinski definition) is 1. The third kappa shape index (κ3) is 5.14. The Morgan fingerprint density at radius 3 is 2.56 bits per heavy atom. The third-order valence-corrected chi connectivity index (χ3v) is 3.98. The van der Waals surface area contributed by atoms with E-state index in [4.69, 9.17) is 32.7 Å². The average Bonchev–Trinajstić information content (AvgIpc) is 2.59. The summed E-state index contributed by atoms with van der Waals surface area (Å²) in [6.45, 7) is 0.266. The summed E-state index contributed by atoms with van der Waals surface area (Å²) in [5, 5.41) is 3.03. The first-order chi connectivity index (χ1) is 11.9. The Morgan fingerprint density at radius 1 is 1.16 bits per heavy atom. The predicted molar refractivity (Wildman–Crippen MR) is 97.0 cm³/mol. The molecule has 0 saturated carbocycles. The van der Waals surface area contributed by atoms with Crippen LogP contribution in [0, 0.1) is 0 Å². The minimum atomic E-state index is -0.457. The summed E-state index contributed by atoms with van der Waals surface area (Å²) >= 11 is 11.6. The molecule has 0 bridgehead atoms. The zero-order chi connectivity index (χ0) is 18.4. The van der Waals surface area contributed by atoms with Gasteiger partial charge in [-0.2, -0.15) is 0 Å². The molecule has 0 aliphatic carbocycles. The van der Waals surface area contributed by atoms with E-state index in [2.05, 4.69) is 5.32 Å². The number of rotatable bonds is 7. The van der Waals surface area contributed by atoms with Crippen LogP contribution in [-0.4, -0.2) is 31.2 Å². The number of nitrogens with zero attached hydrogens (tertiary/aromatic N) is 1. The normalized spacial score (nSPS) is 10.4. The van der Waals surface area contributed by atoms with Gasteiger partial charge in [-0.25, -0.2) is 0 Å². The van der Waals surface area contributed by atoms with Crippen LogP contribution in [0.5, 0.6) is 11.5 Å². The Balaban J connectivity index is 1.92. The molecular formula is C17H18Cl2N2O4. The third-order valence-electron chi connectivity index (χ3n) is 3.51. The molecule has 1 heterocycles. The molecule has 0 atom stereocenters. The second kappa shape index (κ2) is 8.78. The second-order valence-corrected chi connectivity index (χ2v) is 6.07. The SMILES string of the molecule is COc1ccc(CCNC(=O)Cn2cc(Cl)cc(Cl)c2=O)cc1OC. The molecule has 0 spiro atoms. The van der Waals surface area contributed by atoms with Crippen LogP contribution in [0.25, 0.3) is 0 Å². The number of amides is 1. The van der Waals surface area contributed by atoms with Gasteiger partial charge in [-0.05, 0) is 30.2 Å². The number of hydrogen-bond acceptors (Lipinski definition) is 4. The number of carbonyl (C=O) groups is 1. The van der Waals surface area contributed by atoms with Crippen LogP contribution in [0.1, 0.15) is 5.56 Å². The number of nitrogens with one attached hydrogen (secondary N) is 1. The summed E-state index contributed by atoms with van der Waals surface area (Å²) in [5.74, 6) is 0.972. The van der Waals surface area contributed by atoms with Gasteiger partial charge in [0.1, 0.15) is 11.6 Å². The largest absolute Gasteiger partial charge is 0.493 e. The van der Waals surface area contributed by atoms with Gasteiger partial charge in [0, 0.05) is 12.7 Å². The number of aromatic nitrogens is 1. The second-order valence-electron chi connectivity index (χ2n) is 5.23. The minimum Gasteiger partial charge on any atom is -0.493 e. The van der Waals surface area contributed by atoms with Gasteiger partial charge >= 0.3 is 0 Å². The molecule has 0 saturated heterocycles. The molecule has 25 heavy (non-hydrogen) atoms. The van der Waals surface area contributed by atoms with E-state index in [0.717, 1.165) is 5.56 Å². The van der Waals surface area contributed by atoms with E-state index in [9.17, 15) is 9.59 Å². The fourth-order valence-corrected chi connectivity index (χ4v) is 2.78. The Bertz CT molecular complexity index is 821. The standard InChI is InChI=1S/C17H18Cl2N2O4/c1-24-14-4-3-11(7-15(14)25-2)5-6-20-16(22)10-21-9-12(18)8-13(19)17(21)23/h3-4,7-9H,5-6,10H2,1-2H3,(H,20,22). The van der Waals surface area contributed by atoms with Gasteiger partial charge in [-0.3, -0.25) is 9.59 Å². The summed E-state index contributed by atoms with van der Waals surface area (Å²) < 4.78 is 11.6. The quantitative estimate of drug-likeness (QED) is 0.796. The van der Waals surface area contributed by atoms with Gasteiger partial charge in [-0.1, -0.05) is 29.3 Å². The molecule has 1 aromatic carbocycles. The van der Waals surface area contributed by atoms with Crippen molar-refractivity contribution in [2.24, 2.45) is 0 Å². The molecule has 1 amide bonds. The fraction of sp³-hybridized carbons (Fsp3) is 0.294. The predicted octanol–water partition coefficient (Wildman–Crippen LogP) is 2.53. The minimum absolute atomic E-state index is 0.0226. The lowest BCUT2D eigenvalue weighted by molar-refractivity contribution is -0.121. The van der Waals surface area contributed by atoms with Gasteiger partial charge in [0.05, 0.1) is 19.2 Å². The summed E-state index contributed by atoms with van der Waals surface area (Å²) in [6, 6.07) is 6.90. The zero-order valence-electron chi connectivity index (χ0n) is 13.8. The van der Waals surface area contributed by atoms with Crippen LogP contribution in [0.3, 0.4) is 0 Å². The van der Waals surface area contributed by atoms with Crippen molar-refractivity contribution in [2.45, 2.75) is 13.0 Å². The highest BCUT2D eigenvalue weighted by Crippen LogP contribution is 2.27. The number of methoxy groups -OCH3 is 2. The first-order valence-electron chi connectivity index (χ1n) is 7.47. The smallest absolute Gasteiger partial charge is 0.269 e. The number of pyridine rings is 1. The molecule has 1 N–H and O–H groups in total. The number of ether oxygens (including phenoxy) is 2. The topological polar surface area (TPSA) is 69.6 Å². The lowest BCUT2D eigenvalue weighted by Gasteiger charge is -2.11. The van der Waals surface area contributed by atoms with Crippen molar-refractivity contribution in [1.82, 2.24) is 9.88 Å². The summed E-state index contributed by atoms with van der Waals surface area (Å²) in [7, 11) is 3.14. The van der Waals surface area contributed by atoms with E-state index >= 15 is 0 Å². The molecule has 2 rings (SSSR count). The van der Waals surface area contributed by atoms with Gasteiger partial charge in [0.15, 0.2) is 11.5 Å². The van der Waals surface area contributed by atoms with Crippen molar-refractivity contribution in [3.05, 3.63) is 56.4 Å². The van der Waals surface area contributed by atoms with Crippen LogP contribution in [0.15, 0.2) is 35.3 Å². The van der Waals surface area contributed by atoms with Crippen molar-refractivity contribution in [3.8, 4) is 11.5 Å². The molecule has 8 heteroatoms. The summed E-state index contributed by atoms with van der Waals surface area (Å²) in [6.07, 6.45) is 1.99. The van der Waals surface area contributed by atoms with E-state index in [-0.39, 0.29) is 17.5 Å². The van der Waals surface area contributed by atoms with Crippen LogP contribution < -0.4 is 20.3 Å². The lowest BCUT2D eigenvalue weighted by Crippen LogP contribution is -2.33. The maximum absolute atomic E-state index is 12.0. The van der Waals surface area contributed by atoms with Gasteiger partial charge in [0.25, 0.3) is 5.56 Å². The average molecular weight is 385 g/mol. The molecule has 0 radical (unpaired) electrons. The highest BCUT2D eigenvalue weighted by atomic mass is 35.5. The van der Waals surface area contributed by atoms with Crippen LogP contribution in [0.2, 0.25) is 10.0 Å². The molecule has 134 valence electrons. The highest BCUT2D eigenvalue weighted by Gasteiger charge is 2.09. The monoisotopic (exact) mass is 384 g/mol. The first kappa shape index (κ1) is 19.1. The summed E-state index contributed by atoms with van der Waals surface area (Å²) in [5.41, 5.74) is 0.530. The van der Waals surface area contributed by atoms with E-state index < -0.39 is 5.56 Å². The van der Waals surface area contributed by atoms with Crippen molar-refractivity contribution in [3.63, 3.8) is 0 Å². The van der Waals surface area contributed by atoms with E-state index in [1.165, 1.54) is 16.8 Å². The first-order valence-corrected chi connectivity index (χ1v) is 8.23. The zero-order valence-corrected chi connectivity index (χ0v) is 15.4. The van der Waals surface area contributed by atoms with Crippen molar-refractivity contribution in [1.29, 1.82) is 0 Å². The van der Waals surface area contributed by atoms with Crippen molar-refractivity contribution >= 4 is 29.1 Å². The van der Waals surface area contributed by atoms with E-state index in [1.807, 2.05) is 18.2 Å². The van der Waals surface area contributed by atoms with Gasteiger partial charge < -0.3 is 19.4 Å². The molecule has 0 aliphatic heterocycles. The number of carbonyl (C=O) groups excluding carboxylic acids is 1. The lowest BCUT2D eigenvalue weighted by atomic mass is 10.1. The van der Waals surface area contributed by atoms with E-state index in [1.54, 1.807) is 14.2 Å². The van der Waals surface area contributed by atoms with Crippen LogP contribution in [-0.2, 0) is 17.8 Å². The Hall–Kier alpha value is -2.18. The van der Waals surface area contributed by atoms with Crippen molar-refractivity contribution < 1.29 is 14.3 Å². The Labute approximate surface area is 155 Å². The van der Waals surface area contributed by atoms with Crippen LogP contribution in [0.4, 0.5) is 0 Å². The number of halogens is 2. The maximum atomic E-state index is 12.0. The molecule has 2 aromatic rings. The van der Waals surface area contributed by atoms with Crippen LogP contribution >= 0.6 is 23.2 Å². The molecule has 1 aromatic heterocycles. The fourth-order valence-electron chi connectivity index (χ4n) is 2.28. The van der Waals surface area contributed by atoms with Crippen molar-refractivity contribution in [2.75, 3.05) is 20.8 Å². The van der Waals surface area contributed by atoms with Gasteiger partial charge in [0.2, 0.25) is 5.91 Å². The molecular weight excluding hydrogens is 367 g/mol. The summed E-state index contributed by atoms with van der Waals surface area (Å²) in [4.78, 5) is 23.8. The molecule has 0 unspecified atom stereocenters.